The molecule has 27 heavy (non-hydrogen) atoms. The zero-order valence-electron chi connectivity index (χ0n) is 15.9. The fourth-order valence-electron chi connectivity index (χ4n) is 2.95. The summed E-state index contributed by atoms with van der Waals surface area (Å²) in [5.74, 6) is -0.100. The zero-order valence-corrected chi connectivity index (χ0v) is 16.7. The highest BCUT2D eigenvalue weighted by Crippen LogP contribution is 2.27. The van der Waals surface area contributed by atoms with Crippen LogP contribution in [0.3, 0.4) is 0 Å². The van der Waals surface area contributed by atoms with E-state index in [-0.39, 0.29) is 5.91 Å². The Morgan fingerprint density at radius 2 is 1.85 bits per heavy atom. The lowest BCUT2D eigenvalue weighted by Crippen LogP contribution is -2.27. The van der Waals surface area contributed by atoms with Crippen LogP contribution in [0.5, 0.6) is 0 Å². The minimum absolute atomic E-state index is 0.100. The van der Waals surface area contributed by atoms with Gasteiger partial charge in [0.15, 0.2) is 0 Å². The quantitative estimate of drug-likeness (QED) is 0.637. The molecule has 0 aliphatic carbocycles. The normalized spacial score (nSPS) is 11.1. The van der Waals surface area contributed by atoms with Crippen molar-refractivity contribution in [1.29, 1.82) is 0 Å². The van der Waals surface area contributed by atoms with Gasteiger partial charge in [-0.15, -0.1) is 0 Å². The molecule has 0 fully saturated rings. The van der Waals surface area contributed by atoms with Crippen molar-refractivity contribution in [2.75, 3.05) is 27.2 Å². The lowest BCUT2D eigenvalue weighted by molar-refractivity contribution is 0.0954. The largest absolute Gasteiger partial charge is 0.352 e. The first-order chi connectivity index (χ1) is 12.9. The lowest BCUT2D eigenvalue weighted by Gasteiger charge is -2.12. The summed E-state index contributed by atoms with van der Waals surface area (Å²) in [5, 5.41) is 4.38. The van der Waals surface area contributed by atoms with Gasteiger partial charge in [0.05, 0.1) is 16.8 Å². The summed E-state index contributed by atoms with van der Waals surface area (Å²) >= 11 is 6.17. The van der Waals surface area contributed by atoms with Crippen LogP contribution in [0.1, 0.15) is 22.3 Å². The highest BCUT2D eigenvalue weighted by molar-refractivity contribution is 6.31. The van der Waals surface area contributed by atoms with Crippen molar-refractivity contribution in [2.45, 2.75) is 13.3 Å². The molecule has 0 aliphatic heterocycles. The van der Waals surface area contributed by atoms with E-state index in [2.05, 4.69) is 10.2 Å². The van der Waals surface area contributed by atoms with E-state index in [0.29, 0.717) is 17.1 Å². The second-order valence-electron chi connectivity index (χ2n) is 7.00. The van der Waals surface area contributed by atoms with Gasteiger partial charge in [-0.3, -0.25) is 4.79 Å². The summed E-state index contributed by atoms with van der Waals surface area (Å²) in [6.45, 7) is 3.60. The summed E-state index contributed by atoms with van der Waals surface area (Å²) in [7, 11) is 4.04. The third-order valence-electron chi connectivity index (χ3n) is 4.43. The number of nitrogens with one attached hydrogen (secondary N) is 1. The number of carbonyl (C=O) groups excluding carboxylic acids is 1. The molecule has 0 aliphatic rings. The van der Waals surface area contributed by atoms with Gasteiger partial charge in [0.2, 0.25) is 0 Å². The molecule has 0 bridgehead atoms. The Balaban J connectivity index is 1.97. The number of halogens is 1. The molecule has 0 atom stereocenters. The van der Waals surface area contributed by atoms with E-state index in [4.69, 9.17) is 16.6 Å². The second-order valence-corrected chi connectivity index (χ2v) is 7.43. The molecule has 0 saturated carbocycles. The molecule has 3 rings (SSSR count). The average molecular weight is 382 g/mol. The van der Waals surface area contributed by atoms with Gasteiger partial charge >= 0.3 is 0 Å². The Morgan fingerprint density at radius 3 is 2.56 bits per heavy atom. The van der Waals surface area contributed by atoms with E-state index in [1.807, 2.05) is 57.4 Å². The molecule has 0 saturated heterocycles. The minimum Gasteiger partial charge on any atom is -0.352 e. The molecule has 1 heterocycles. The molecule has 0 spiro atoms. The molecule has 0 radical (unpaired) electrons. The summed E-state index contributed by atoms with van der Waals surface area (Å²) < 4.78 is 0. The van der Waals surface area contributed by atoms with Crippen LogP contribution in [-0.2, 0) is 0 Å². The van der Waals surface area contributed by atoms with E-state index in [1.54, 1.807) is 12.1 Å². The Kier molecular flexibility index (Phi) is 6.09. The monoisotopic (exact) mass is 381 g/mol. The molecule has 4 nitrogen and oxygen atoms in total. The Bertz CT molecular complexity index is 952. The van der Waals surface area contributed by atoms with Crippen molar-refractivity contribution in [3.63, 3.8) is 0 Å². The van der Waals surface area contributed by atoms with Gasteiger partial charge in [-0.25, -0.2) is 4.98 Å². The minimum atomic E-state index is -0.100. The third kappa shape index (κ3) is 4.85. The number of pyridine rings is 1. The standard InChI is InChI=1S/C22H24ClN3O/c1-15-5-7-16(8-6-15)21-14-19(22(27)24-11-4-12-26(2)3)18-13-17(23)9-10-20(18)25-21/h5-10,13-14H,4,11-12H2,1-3H3,(H,24,27). The van der Waals surface area contributed by atoms with Gasteiger partial charge in [0, 0.05) is 22.5 Å². The number of rotatable bonds is 6. The lowest BCUT2D eigenvalue weighted by atomic mass is 10.0. The molecular formula is C22H24ClN3O. The van der Waals surface area contributed by atoms with Crippen molar-refractivity contribution in [2.24, 2.45) is 0 Å². The van der Waals surface area contributed by atoms with Crippen LogP contribution in [0.4, 0.5) is 0 Å². The van der Waals surface area contributed by atoms with E-state index in [9.17, 15) is 4.79 Å². The molecule has 1 amide bonds. The van der Waals surface area contributed by atoms with Crippen LogP contribution in [-0.4, -0.2) is 43.0 Å². The molecule has 140 valence electrons. The van der Waals surface area contributed by atoms with Gasteiger partial charge in [-0.2, -0.15) is 0 Å². The van der Waals surface area contributed by atoms with Gasteiger partial charge in [-0.1, -0.05) is 41.4 Å². The van der Waals surface area contributed by atoms with Crippen LogP contribution in [0.25, 0.3) is 22.2 Å². The number of fused-ring (bicyclic) bond motifs is 1. The Labute approximate surface area is 165 Å². The number of nitrogens with zero attached hydrogens (tertiary/aromatic N) is 2. The Morgan fingerprint density at radius 1 is 1.11 bits per heavy atom. The molecule has 1 aromatic heterocycles. The Hall–Kier alpha value is -2.43. The maximum absolute atomic E-state index is 12.9. The highest BCUT2D eigenvalue weighted by atomic mass is 35.5. The summed E-state index contributed by atoms with van der Waals surface area (Å²) in [4.78, 5) is 19.7. The zero-order chi connectivity index (χ0) is 19.4. The van der Waals surface area contributed by atoms with Crippen LogP contribution < -0.4 is 5.32 Å². The van der Waals surface area contributed by atoms with Crippen molar-refractivity contribution in [1.82, 2.24) is 15.2 Å². The fourth-order valence-corrected chi connectivity index (χ4v) is 3.12. The van der Waals surface area contributed by atoms with Gasteiger partial charge in [-0.05, 0) is 58.3 Å². The topological polar surface area (TPSA) is 45.2 Å². The SMILES string of the molecule is Cc1ccc(-c2cc(C(=O)NCCCN(C)C)c3cc(Cl)ccc3n2)cc1. The van der Waals surface area contributed by atoms with Crippen LogP contribution >= 0.6 is 11.6 Å². The maximum atomic E-state index is 12.9. The summed E-state index contributed by atoms with van der Waals surface area (Å²) in [6, 6.07) is 15.5. The van der Waals surface area contributed by atoms with Gasteiger partial charge in [0.25, 0.3) is 5.91 Å². The first-order valence-electron chi connectivity index (χ1n) is 9.04. The predicted octanol–water partition coefficient (Wildman–Crippen LogP) is 4.55. The molecule has 3 aromatic rings. The van der Waals surface area contributed by atoms with Crippen molar-refractivity contribution < 1.29 is 4.79 Å². The predicted molar refractivity (Wildman–Crippen MR) is 112 cm³/mol. The number of aromatic nitrogens is 1. The molecule has 0 unspecified atom stereocenters. The maximum Gasteiger partial charge on any atom is 0.252 e. The number of benzene rings is 2. The number of carbonyl (C=O) groups is 1. The van der Waals surface area contributed by atoms with Crippen molar-refractivity contribution in [3.8, 4) is 11.3 Å². The first-order valence-corrected chi connectivity index (χ1v) is 9.42. The number of aryl methyl sites for hydroxylation is 1. The number of hydrogen-bond acceptors (Lipinski definition) is 3. The average Bonchev–Trinajstić information content (AvgIpc) is 2.64. The number of hydrogen-bond donors (Lipinski definition) is 1. The van der Waals surface area contributed by atoms with Crippen molar-refractivity contribution >= 4 is 28.4 Å². The van der Waals surface area contributed by atoms with Gasteiger partial charge in [0.1, 0.15) is 0 Å². The van der Waals surface area contributed by atoms with Crippen LogP contribution in [0, 0.1) is 6.92 Å². The summed E-state index contributed by atoms with van der Waals surface area (Å²) in [6.07, 6.45) is 0.896. The summed E-state index contributed by atoms with van der Waals surface area (Å²) in [5.41, 5.74) is 4.31. The van der Waals surface area contributed by atoms with E-state index < -0.39 is 0 Å². The van der Waals surface area contributed by atoms with E-state index >= 15 is 0 Å². The third-order valence-corrected chi connectivity index (χ3v) is 4.67. The second kappa shape index (κ2) is 8.51. The fraction of sp³-hybridized carbons (Fsp3) is 0.273. The van der Waals surface area contributed by atoms with Gasteiger partial charge < -0.3 is 10.2 Å². The highest BCUT2D eigenvalue weighted by Gasteiger charge is 2.14. The van der Waals surface area contributed by atoms with E-state index in [1.165, 1.54) is 5.56 Å². The van der Waals surface area contributed by atoms with Crippen LogP contribution in [0.2, 0.25) is 5.02 Å². The molecule has 5 heteroatoms. The van der Waals surface area contributed by atoms with Crippen molar-refractivity contribution in [3.05, 3.63) is 64.7 Å². The molecule has 2 aromatic carbocycles. The first kappa shape index (κ1) is 19.3. The van der Waals surface area contributed by atoms with E-state index in [0.717, 1.165) is 35.1 Å². The molecular weight excluding hydrogens is 358 g/mol. The smallest absolute Gasteiger partial charge is 0.252 e. The van der Waals surface area contributed by atoms with Crippen LogP contribution in [0.15, 0.2) is 48.5 Å². The number of amides is 1. The molecule has 1 N–H and O–H groups in total.